The Bertz CT molecular complexity index is 1250. The Morgan fingerprint density at radius 1 is 0.846 bits per heavy atom. The van der Waals surface area contributed by atoms with E-state index in [2.05, 4.69) is 92.1 Å². The van der Waals surface area contributed by atoms with Crippen LogP contribution < -0.4 is 4.57 Å². The second kappa shape index (κ2) is 4.35. The second-order valence-corrected chi connectivity index (χ2v) is 8.56. The van der Waals surface area contributed by atoms with Crippen LogP contribution in [0.5, 0.6) is 0 Å². The highest BCUT2D eigenvalue weighted by molar-refractivity contribution is 5.99. The molecule has 1 nitrogen and oxygen atoms in total. The molecule has 0 amide bonds. The van der Waals surface area contributed by atoms with E-state index in [1.165, 1.54) is 50.5 Å². The maximum Gasteiger partial charge on any atom is 0.214 e. The van der Waals surface area contributed by atoms with Crippen LogP contribution >= 0.6 is 0 Å². The first-order chi connectivity index (χ1) is 12.5. The zero-order chi connectivity index (χ0) is 17.7. The van der Waals surface area contributed by atoms with Crippen LogP contribution in [0.1, 0.15) is 31.4 Å². The zero-order valence-electron chi connectivity index (χ0n) is 15.5. The first-order valence-electron chi connectivity index (χ1n) is 9.52. The number of rotatable bonds is 0. The minimum atomic E-state index is 0.158. The second-order valence-electron chi connectivity index (χ2n) is 8.56. The molecule has 2 heterocycles. The molecule has 0 radical (unpaired) electrons. The summed E-state index contributed by atoms with van der Waals surface area (Å²) in [6.45, 7) is 7.14. The number of pyridine rings is 1. The van der Waals surface area contributed by atoms with Gasteiger partial charge in [-0.3, -0.25) is 0 Å². The highest BCUT2D eigenvalue weighted by Gasteiger charge is 2.74. The largest absolute Gasteiger partial charge is 0.214 e. The van der Waals surface area contributed by atoms with Crippen molar-refractivity contribution >= 4 is 21.7 Å². The van der Waals surface area contributed by atoms with Crippen LogP contribution in [0.3, 0.4) is 0 Å². The number of nitrogens with zero attached hydrogens (tertiary/aromatic N) is 1. The first kappa shape index (κ1) is 14.5. The van der Waals surface area contributed by atoms with Gasteiger partial charge in [0.05, 0.1) is 11.0 Å². The molecule has 1 aliphatic heterocycles. The van der Waals surface area contributed by atoms with Crippen molar-refractivity contribution in [1.82, 2.24) is 0 Å². The molecule has 3 aromatic carbocycles. The van der Waals surface area contributed by atoms with E-state index in [0.717, 1.165) is 0 Å². The molecular formula is C25H22N+. The van der Waals surface area contributed by atoms with Gasteiger partial charge >= 0.3 is 0 Å². The molecule has 1 fully saturated rings. The lowest BCUT2D eigenvalue weighted by atomic mass is 9.81. The van der Waals surface area contributed by atoms with Crippen LogP contribution in [0.15, 0.2) is 66.7 Å². The fraction of sp³-hybridized carbons (Fsp3) is 0.240. The van der Waals surface area contributed by atoms with E-state index in [4.69, 9.17) is 0 Å². The molecule has 1 heteroatoms. The van der Waals surface area contributed by atoms with Crippen molar-refractivity contribution in [2.24, 2.45) is 0 Å². The Balaban J connectivity index is 1.88. The van der Waals surface area contributed by atoms with Crippen molar-refractivity contribution in [2.45, 2.75) is 38.1 Å². The number of para-hydroxylation sites is 1. The van der Waals surface area contributed by atoms with Gasteiger partial charge in [0.1, 0.15) is 0 Å². The van der Waals surface area contributed by atoms with E-state index >= 15 is 0 Å². The summed E-state index contributed by atoms with van der Waals surface area (Å²) in [5, 5.41) is 4.08. The Morgan fingerprint density at radius 2 is 1.58 bits per heavy atom. The number of fused-ring (bicyclic) bond motifs is 10. The van der Waals surface area contributed by atoms with Gasteiger partial charge in [0.25, 0.3) is 0 Å². The van der Waals surface area contributed by atoms with Gasteiger partial charge in [-0.15, -0.1) is 0 Å². The quantitative estimate of drug-likeness (QED) is 0.366. The smallest absolute Gasteiger partial charge is 0.185 e. The number of aryl methyl sites for hydroxylation is 1. The van der Waals surface area contributed by atoms with Gasteiger partial charge in [-0.2, -0.15) is 4.57 Å². The van der Waals surface area contributed by atoms with Gasteiger partial charge in [0.15, 0.2) is 5.54 Å². The fourth-order valence-corrected chi connectivity index (χ4v) is 5.56. The molecule has 1 aliphatic carbocycles. The minimum absolute atomic E-state index is 0.158. The van der Waals surface area contributed by atoms with Crippen molar-refractivity contribution in [3.8, 4) is 11.3 Å². The van der Waals surface area contributed by atoms with E-state index in [-0.39, 0.29) is 11.0 Å². The summed E-state index contributed by atoms with van der Waals surface area (Å²) >= 11 is 0. The molecule has 2 atom stereocenters. The van der Waals surface area contributed by atoms with Gasteiger partial charge in [-0.25, -0.2) is 0 Å². The summed E-state index contributed by atoms with van der Waals surface area (Å²) in [4.78, 5) is 0. The topological polar surface area (TPSA) is 3.88 Å². The molecular weight excluding hydrogens is 314 g/mol. The molecule has 2 aliphatic rings. The van der Waals surface area contributed by atoms with Gasteiger partial charge in [0, 0.05) is 30.9 Å². The lowest BCUT2D eigenvalue weighted by Gasteiger charge is -2.27. The van der Waals surface area contributed by atoms with Crippen LogP contribution in [0.2, 0.25) is 0 Å². The zero-order valence-corrected chi connectivity index (χ0v) is 15.5. The average Bonchev–Trinajstić information content (AvgIpc) is 3.24. The Labute approximate surface area is 153 Å². The number of hydrogen-bond acceptors (Lipinski definition) is 0. The maximum atomic E-state index is 2.64. The Kier molecular flexibility index (Phi) is 2.42. The van der Waals surface area contributed by atoms with Gasteiger partial charge < -0.3 is 0 Å². The molecule has 1 aromatic heterocycles. The third kappa shape index (κ3) is 1.47. The van der Waals surface area contributed by atoms with Gasteiger partial charge in [-0.1, -0.05) is 48.5 Å². The minimum Gasteiger partial charge on any atom is -0.185 e. The van der Waals surface area contributed by atoms with Gasteiger partial charge in [0.2, 0.25) is 11.2 Å². The first-order valence-corrected chi connectivity index (χ1v) is 9.52. The molecule has 1 saturated carbocycles. The fourth-order valence-electron chi connectivity index (χ4n) is 5.56. The molecule has 0 spiro atoms. The molecule has 0 saturated heterocycles. The average molecular weight is 336 g/mol. The van der Waals surface area contributed by atoms with E-state index < -0.39 is 0 Å². The van der Waals surface area contributed by atoms with Crippen LogP contribution in [-0.2, 0) is 11.0 Å². The highest BCUT2D eigenvalue weighted by Crippen LogP contribution is 2.64. The van der Waals surface area contributed by atoms with Gasteiger partial charge in [-0.05, 0) is 41.8 Å². The van der Waals surface area contributed by atoms with Crippen LogP contribution in [0.25, 0.3) is 32.9 Å². The van der Waals surface area contributed by atoms with E-state index in [9.17, 15) is 0 Å². The normalized spacial score (nSPS) is 25.7. The Hall–Kier alpha value is -2.67. The van der Waals surface area contributed by atoms with Crippen molar-refractivity contribution < 1.29 is 4.57 Å². The van der Waals surface area contributed by atoms with Crippen molar-refractivity contribution in [3.63, 3.8) is 0 Å². The predicted octanol–water partition coefficient (Wildman–Crippen LogP) is 5.65. The van der Waals surface area contributed by atoms with Crippen molar-refractivity contribution in [1.29, 1.82) is 0 Å². The lowest BCUT2D eigenvalue weighted by Crippen LogP contribution is -2.53. The van der Waals surface area contributed by atoms with E-state index in [1.807, 2.05) is 0 Å². The SMILES string of the molecule is Cc1cc2[n+](c3ccccc13)C1(C)CC1(C)c1ccc3ccccc3c1-2. The summed E-state index contributed by atoms with van der Waals surface area (Å²) in [6.07, 6.45) is 1.20. The molecule has 0 bridgehead atoms. The van der Waals surface area contributed by atoms with Crippen LogP contribution in [0.4, 0.5) is 0 Å². The van der Waals surface area contributed by atoms with Crippen LogP contribution in [-0.4, -0.2) is 0 Å². The lowest BCUT2D eigenvalue weighted by molar-refractivity contribution is -0.707. The van der Waals surface area contributed by atoms with Crippen molar-refractivity contribution in [2.75, 3.05) is 0 Å². The summed E-state index contributed by atoms with van der Waals surface area (Å²) in [7, 11) is 0. The van der Waals surface area contributed by atoms with E-state index in [0.29, 0.717) is 0 Å². The number of benzene rings is 3. The summed E-state index contributed by atoms with van der Waals surface area (Å²) in [5.74, 6) is 0. The number of aromatic nitrogens is 1. The third-order valence-corrected chi connectivity index (χ3v) is 7.20. The van der Waals surface area contributed by atoms with Crippen molar-refractivity contribution in [3.05, 3.63) is 77.9 Å². The standard InChI is InChI=1S/C25H22N/c1-16-14-22-23-19-10-5-4-8-17(19)12-13-20(23)24(2)15-25(24,3)26(22)21-11-7-6-9-18(16)21/h4-14H,15H2,1-3H3/q+1. The molecule has 2 unspecified atom stereocenters. The maximum absolute atomic E-state index is 2.64. The monoisotopic (exact) mass is 336 g/mol. The molecule has 126 valence electrons. The molecule has 0 N–H and O–H groups in total. The Morgan fingerprint density at radius 3 is 2.42 bits per heavy atom. The number of hydrogen-bond donors (Lipinski definition) is 0. The molecule has 6 rings (SSSR count). The molecule has 4 aromatic rings. The predicted molar refractivity (Wildman–Crippen MR) is 107 cm³/mol. The molecule has 26 heavy (non-hydrogen) atoms. The summed E-state index contributed by atoms with van der Waals surface area (Å²) in [5.41, 5.74) is 7.44. The van der Waals surface area contributed by atoms with E-state index in [1.54, 1.807) is 0 Å². The third-order valence-electron chi connectivity index (χ3n) is 7.20. The van der Waals surface area contributed by atoms with Crippen LogP contribution in [0, 0.1) is 6.92 Å². The summed E-state index contributed by atoms with van der Waals surface area (Å²) in [6, 6.07) is 24.8. The highest BCUT2D eigenvalue weighted by atomic mass is 15.2. The summed E-state index contributed by atoms with van der Waals surface area (Å²) < 4.78 is 2.64.